The summed E-state index contributed by atoms with van der Waals surface area (Å²) in [4.78, 5) is 0. The van der Waals surface area contributed by atoms with Crippen LogP contribution in [0.4, 0.5) is 0 Å². The predicted molar refractivity (Wildman–Crippen MR) is 61.3 cm³/mol. The van der Waals surface area contributed by atoms with Crippen molar-refractivity contribution < 1.29 is 0 Å². The topological polar surface area (TPSA) is 49.8 Å². The summed E-state index contributed by atoms with van der Waals surface area (Å²) in [6.45, 7) is 0. The van der Waals surface area contributed by atoms with Crippen LogP contribution in [0.2, 0.25) is 5.02 Å². The smallest absolute Gasteiger partial charge is 0.0641 e. The quantitative estimate of drug-likeness (QED) is 0.854. The second-order valence-corrected chi connectivity index (χ2v) is 4.29. The lowest BCUT2D eigenvalue weighted by Crippen LogP contribution is -2.09. The third-order valence-corrected chi connectivity index (χ3v) is 2.68. The highest BCUT2D eigenvalue weighted by Crippen LogP contribution is 2.25. The lowest BCUT2D eigenvalue weighted by molar-refractivity contribution is 0.748. The van der Waals surface area contributed by atoms with Gasteiger partial charge in [-0.2, -0.15) is 5.26 Å². The van der Waals surface area contributed by atoms with Crippen molar-refractivity contribution in [3.05, 3.63) is 32.4 Å². The third-order valence-electron chi connectivity index (χ3n) is 1.67. The minimum atomic E-state index is -0.285. The maximum atomic E-state index is 8.48. The first-order chi connectivity index (χ1) is 6.15. The van der Waals surface area contributed by atoms with Crippen molar-refractivity contribution in [1.29, 1.82) is 5.26 Å². The van der Waals surface area contributed by atoms with Crippen molar-refractivity contribution in [2.75, 3.05) is 0 Å². The summed E-state index contributed by atoms with van der Waals surface area (Å²) >= 11 is 8.12. The summed E-state index contributed by atoms with van der Waals surface area (Å²) in [5.41, 5.74) is 6.61. The van der Waals surface area contributed by atoms with Gasteiger partial charge in [-0.25, -0.2) is 0 Å². The van der Waals surface area contributed by atoms with Crippen molar-refractivity contribution in [2.24, 2.45) is 5.73 Å². The first kappa shape index (κ1) is 10.8. The molecule has 4 heteroatoms. The van der Waals surface area contributed by atoms with Gasteiger partial charge in [-0.15, -0.1) is 0 Å². The minimum Gasteiger partial charge on any atom is -0.323 e. The molecule has 13 heavy (non-hydrogen) atoms. The molecular weight excluding hydrogens is 298 g/mol. The molecule has 0 aliphatic rings. The van der Waals surface area contributed by atoms with E-state index in [1.54, 1.807) is 6.07 Å². The molecule has 68 valence electrons. The van der Waals surface area contributed by atoms with Crippen LogP contribution >= 0.6 is 34.2 Å². The molecule has 1 aromatic carbocycles. The Labute approximate surface area is 95.8 Å². The first-order valence-electron chi connectivity index (χ1n) is 3.72. The van der Waals surface area contributed by atoms with Crippen LogP contribution in [0.3, 0.4) is 0 Å². The van der Waals surface area contributed by atoms with Crippen LogP contribution in [0.1, 0.15) is 18.0 Å². The number of nitriles is 1. The van der Waals surface area contributed by atoms with Crippen LogP contribution in [-0.2, 0) is 0 Å². The molecule has 0 amide bonds. The highest BCUT2D eigenvalue weighted by atomic mass is 127. The minimum absolute atomic E-state index is 0.285. The molecule has 0 fully saturated rings. The van der Waals surface area contributed by atoms with Gasteiger partial charge in [-0.1, -0.05) is 11.6 Å². The zero-order valence-corrected chi connectivity index (χ0v) is 9.71. The summed E-state index contributed by atoms with van der Waals surface area (Å²) in [7, 11) is 0. The summed E-state index contributed by atoms with van der Waals surface area (Å²) in [5.74, 6) is 0. The Bertz CT molecular complexity index is 346. The van der Waals surface area contributed by atoms with Crippen molar-refractivity contribution in [1.82, 2.24) is 0 Å². The van der Waals surface area contributed by atoms with E-state index < -0.39 is 0 Å². The van der Waals surface area contributed by atoms with E-state index in [0.29, 0.717) is 11.4 Å². The number of halogens is 2. The highest BCUT2D eigenvalue weighted by Gasteiger charge is 2.09. The molecule has 0 aliphatic heterocycles. The predicted octanol–water partition coefficient (Wildman–Crippen LogP) is 2.86. The van der Waals surface area contributed by atoms with Gasteiger partial charge in [-0.3, -0.25) is 0 Å². The molecule has 0 saturated carbocycles. The van der Waals surface area contributed by atoms with Crippen LogP contribution in [0.15, 0.2) is 18.2 Å². The van der Waals surface area contributed by atoms with Crippen molar-refractivity contribution in [3.8, 4) is 6.07 Å². The molecule has 0 heterocycles. The lowest BCUT2D eigenvalue weighted by Gasteiger charge is -2.10. The maximum Gasteiger partial charge on any atom is 0.0641 e. The zero-order valence-electron chi connectivity index (χ0n) is 6.80. The van der Waals surface area contributed by atoms with Gasteiger partial charge in [0.25, 0.3) is 0 Å². The number of hydrogen-bond donors (Lipinski definition) is 1. The molecule has 1 aromatic rings. The van der Waals surface area contributed by atoms with Crippen molar-refractivity contribution >= 4 is 34.2 Å². The maximum absolute atomic E-state index is 8.48. The van der Waals surface area contributed by atoms with Crippen LogP contribution < -0.4 is 5.73 Å². The monoisotopic (exact) mass is 306 g/mol. The Morgan fingerprint density at radius 3 is 2.92 bits per heavy atom. The van der Waals surface area contributed by atoms with E-state index in [0.717, 1.165) is 9.13 Å². The molecule has 1 atom stereocenters. The Morgan fingerprint density at radius 1 is 1.62 bits per heavy atom. The lowest BCUT2D eigenvalue weighted by atomic mass is 10.1. The largest absolute Gasteiger partial charge is 0.323 e. The molecule has 0 spiro atoms. The van der Waals surface area contributed by atoms with Crippen LogP contribution in [0.25, 0.3) is 0 Å². The van der Waals surface area contributed by atoms with Gasteiger partial charge < -0.3 is 5.73 Å². The Kier molecular flexibility index (Phi) is 3.97. The average molecular weight is 307 g/mol. The molecule has 0 saturated heterocycles. The Balaban J connectivity index is 3.00. The van der Waals surface area contributed by atoms with Gasteiger partial charge >= 0.3 is 0 Å². The summed E-state index contributed by atoms with van der Waals surface area (Å²) in [5, 5.41) is 9.11. The van der Waals surface area contributed by atoms with Crippen LogP contribution in [0, 0.1) is 14.9 Å². The number of hydrogen-bond acceptors (Lipinski definition) is 2. The second-order valence-electron chi connectivity index (χ2n) is 2.63. The molecule has 0 aromatic heterocycles. The van der Waals surface area contributed by atoms with E-state index in [1.165, 1.54) is 0 Å². The van der Waals surface area contributed by atoms with E-state index in [-0.39, 0.29) is 6.04 Å². The first-order valence-corrected chi connectivity index (χ1v) is 5.18. The molecule has 0 aliphatic carbocycles. The highest BCUT2D eigenvalue weighted by molar-refractivity contribution is 14.1. The van der Waals surface area contributed by atoms with Gasteiger partial charge in [0.1, 0.15) is 0 Å². The normalized spacial score (nSPS) is 12.2. The third kappa shape index (κ3) is 2.83. The van der Waals surface area contributed by atoms with Gasteiger partial charge in [0.05, 0.1) is 12.5 Å². The molecule has 0 radical (unpaired) electrons. The molecular formula is C9H8ClIN2. The van der Waals surface area contributed by atoms with E-state index in [2.05, 4.69) is 22.6 Å². The standard InChI is InChI=1S/C9H8ClIN2/c10-8-2-1-6(11)5-7(8)9(13)3-4-12/h1-2,5,9H,3,13H2/t9-/m0/s1. The zero-order chi connectivity index (χ0) is 9.84. The number of benzene rings is 1. The number of nitrogens with zero attached hydrogens (tertiary/aromatic N) is 1. The molecule has 0 unspecified atom stereocenters. The van der Waals surface area contributed by atoms with Gasteiger partial charge in [0.15, 0.2) is 0 Å². The molecule has 1 rings (SSSR count). The SMILES string of the molecule is N#CC[C@H](N)c1cc(I)ccc1Cl. The Morgan fingerprint density at radius 2 is 2.31 bits per heavy atom. The van der Waals surface area contributed by atoms with Gasteiger partial charge in [-0.05, 0) is 46.4 Å². The van der Waals surface area contributed by atoms with Crippen LogP contribution in [-0.4, -0.2) is 0 Å². The second kappa shape index (κ2) is 4.80. The molecule has 2 nitrogen and oxygen atoms in total. The van der Waals surface area contributed by atoms with Gasteiger partial charge in [0.2, 0.25) is 0 Å². The number of nitrogens with two attached hydrogens (primary N) is 1. The summed E-state index contributed by atoms with van der Waals surface area (Å²) < 4.78 is 1.07. The number of rotatable bonds is 2. The van der Waals surface area contributed by atoms with E-state index in [1.807, 2.05) is 18.2 Å². The van der Waals surface area contributed by atoms with Crippen molar-refractivity contribution in [2.45, 2.75) is 12.5 Å². The Hall–Kier alpha value is -0.310. The summed E-state index contributed by atoms with van der Waals surface area (Å²) in [6.07, 6.45) is 0.291. The fraction of sp³-hybridized carbons (Fsp3) is 0.222. The van der Waals surface area contributed by atoms with E-state index >= 15 is 0 Å². The average Bonchev–Trinajstić information content (AvgIpc) is 2.09. The van der Waals surface area contributed by atoms with Crippen molar-refractivity contribution in [3.63, 3.8) is 0 Å². The van der Waals surface area contributed by atoms with Crippen LogP contribution in [0.5, 0.6) is 0 Å². The molecule has 0 bridgehead atoms. The fourth-order valence-corrected chi connectivity index (χ4v) is 1.78. The fourth-order valence-electron chi connectivity index (χ4n) is 1.01. The van der Waals surface area contributed by atoms with E-state index in [9.17, 15) is 0 Å². The summed E-state index contributed by atoms with van der Waals surface area (Å²) in [6, 6.07) is 7.36. The van der Waals surface area contributed by atoms with Gasteiger partial charge in [0, 0.05) is 14.6 Å². The van der Waals surface area contributed by atoms with E-state index in [4.69, 9.17) is 22.6 Å². The molecule has 2 N–H and O–H groups in total.